The number of nitrogen functional groups attached to an aromatic ring is 1. The lowest BCUT2D eigenvalue weighted by molar-refractivity contribution is -0.131. The van der Waals surface area contributed by atoms with Crippen LogP contribution in [-0.4, -0.2) is 37.4 Å². The van der Waals surface area contributed by atoms with E-state index in [1.165, 1.54) is 4.68 Å². The highest BCUT2D eigenvalue weighted by molar-refractivity contribution is 5.76. The number of nitrogens with two attached hydrogens (primary N) is 1. The van der Waals surface area contributed by atoms with E-state index < -0.39 is 0 Å². The van der Waals surface area contributed by atoms with Crippen LogP contribution in [0.25, 0.3) is 5.69 Å². The molecule has 7 nitrogen and oxygen atoms in total. The lowest BCUT2D eigenvalue weighted by Gasteiger charge is -2.18. The zero-order chi connectivity index (χ0) is 18.8. The topological polar surface area (TPSA) is 82.0 Å². The highest BCUT2D eigenvalue weighted by atomic mass is 16.2. The Hall–Kier alpha value is -3.09. The fraction of sp³-hybridized carbons (Fsp3) is 0.316. The summed E-state index contributed by atoms with van der Waals surface area (Å²) in [5, 5.41) is 8.75. The predicted molar refractivity (Wildman–Crippen MR) is 101 cm³/mol. The van der Waals surface area contributed by atoms with Crippen molar-refractivity contribution in [1.29, 1.82) is 0 Å². The van der Waals surface area contributed by atoms with E-state index in [0.29, 0.717) is 12.4 Å². The molecule has 0 aliphatic rings. The molecule has 0 spiro atoms. The highest BCUT2D eigenvalue weighted by Crippen LogP contribution is 2.15. The molecule has 0 fully saturated rings. The Bertz CT molecular complexity index is 939. The molecule has 1 aromatic carbocycles. The summed E-state index contributed by atoms with van der Waals surface area (Å²) in [5.41, 5.74) is 10.7. The van der Waals surface area contributed by atoms with Crippen LogP contribution in [0.15, 0.2) is 36.4 Å². The molecule has 7 heteroatoms. The van der Waals surface area contributed by atoms with E-state index in [1.807, 2.05) is 49.7 Å². The van der Waals surface area contributed by atoms with E-state index in [9.17, 15) is 4.79 Å². The average molecular weight is 352 g/mol. The van der Waals surface area contributed by atoms with E-state index in [1.54, 1.807) is 18.0 Å². The Morgan fingerprint density at radius 1 is 1.12 bits per heavy atom. The van der Waals surface area contributed by atoms with Gasteiger partial charge in [0.1, 0.15) is 12.4 Å². The van der Waals surface area contributed by atoms with Gasteiger partial charge in [-0.3, -0.25) is 4.79 Å². The third-order valence-electron chi connectivity index (χ3n) is 4.23. The molecular weight excluding hydrogens is 328 g/mol. The lowest BCUT2D eigenvalue weighted by Crippen LogP contribution is -2.30. The van der Waals surface area contributed by atoms with Crippen molar-refractivity contribution in [3.05, 3.63) is 59.0 Å². The monoisotopic (exact) mass is 352 g/mol. The van der Waals surface area contributed by atoms with E-state index >= 15 is 0 Å². The summed E-state index contributed by atoms with van der Waals surface area (Å²) in [4.78, 5) is 14.2. The molecule has 3 rings (SSSR count). The van der Waals surface area contributed by atoms with Gasteiger partial charge in [-0.2, -0.15) is 10.2 Å². The number of nitrogens with zero attached hydrogens (tertiary/aromatic N) is 5. The molecule has 0 bridgehead atoms. The molecule has 0 unspecified atom stereocenters. The summed E-state index contributed by atoms with van der Waals surface area (Å²) in [6.45, 7) is 6.49. The molecule has 2 heterocycles. The minimum atomic E-state index is -0.0451. The van der Waals surface area contributed by atoms with Crippen molar-refractivity contribution in [3.8, 4) is 5.69 Å². The molecular formula is C19H24N6O. The second-order valence-electron chi connectivity index (χ2n) is 6.63. The van der Waals surface area contributed by atoms with Gasteiger partial charge in [-0.1, -0.05) is 12.1 Å². The summed E-state index contributed by atoms with van der Waals surface area (Å²) in [6, 6.07) is 11.8. The van der Waals surface area contributed by atoms with Gasteiger partial charge in [-0.25, -0.2) is 9.36 Å². The maximum Gasteiger partial charge on any atom is 0.244 e. The molecule has 0 aliphatic carbocycles. The molecule has 1 amide bonds. The Balaban J connectivity index is 1.72. The SMILES string of the molecule is Cc1cc(N)n(CC(=O)N(C)Cc2cccc(-n3nc(C)cc3C)c2)n1. The fourth-order valence-electron chi connectivity index (χ4n) is 2.98. The smallest absolute Gasteiger partial charge is 0.244 e. The highest BCUT2D eigenvalue weighted by Gasteiger charge is 2.13. The first-order valence-electron chi connectivity index (χ1n) is 8.50. The van der Waals surface area contributed by atoms with Crippen molar-refractivity contribution in [2.75, 3.05) is 12.8 Å². The van der Waals surface area contributed by atoms with Gasteiger partial charge in [-0.15, -0.1) is 0 Å². The summed E-state index contributed by atoms with van der Waals surface area (Å²) in [6.07, 6.45) is 0. The van der Waals surface area contributed by atoms with Crippen molar-refractivity contribution in [3.63, 3.8) is 0 Å². The van der Waals surface area contributed by atoms with Crippen molar-refractivity contribution >= 4 is 11.7 Å². The Labute approximate surface area is 153 Å². The zero-order valence-electron chi connectivity index (χ0n) is 15.6. The second kappa shape index (κ2) is 7.03. The van der Waals surface area contributed by atoms with E-state index in [4.69, 9.17) is 5.73 Å². The molecule has 2 N–H and O–H groups in total. The summed E-state index contributed by atoms with van der Waals surface area (Å²) >= 11 is 0. The van der Waals surface area contributed by atoms with Crippen LogP contribution < -0.4 is 5.73 Å². The molecule has 2 aromatic heterocycles. The van der Waals surface area contributed by atoms with Crippen LogP contribution in [0.5, 0.6) is 0 Å². The molecule has 0 atom stereocenters. The largest absolute Gasteiger partial charge is 0.384 e. The molecule has 136 valence electrons. The molecule has 0 saturated carbocycles. The maximum atomic E-state index is 12.5. The Morgan fingerprint density at radius 3 is 2.46 bits per heavy atom. The van der Waals surface area contributed by atoms with Crippen LogP contribution in [-0.2, 0) is 17.9 Å². The van der Waals surface area contributed by atoms with E-state index in [2.05, 4.69) is 16.3 Å². The van der Waals surface area contributed by atoms with Gasteiger partial charge >= 0.3 is 0 Å². The van der Waals surface area contributed by atoms with E-state index in [-0.39, 0.29) is 12.5 Å². The normalized spacial score (nSPS) is 10.9. The molecule has 0 aliphatic heterocycles. The average Bonchev–Trinajstić information content (AvgIpc) is 3.08. The summed E-state index contributed by atoms with van der Waals surface area (Å²) in [7, 11) is 1.78. The number of aromatic nitrogens is 4. The van der Waals surface area contributed by atoms with Gasteiger partial charge in [0, 0.05) is 25.4 Å². The van der Waals surface area contributed by atoms with Crippen molar-refractivity contribution in [2.45, 2.75) is 33.9 Å². The van der Waals surface area contributed by atoms with Crippen molar-refractivity contribution in [1.82, 2.24) is 24.5 Å². The first-order valence-corrected chi connectivity index (χ1v) is 8.50. The quantitative estimate of drug-likeness (QED) is 0.763. The Kier molecular flexibility index (Phi) is 4.79. The van der Waals surface area contributed by atoms with Crippen LogP contribution >= 0.6 is 0 Å². The molecule has 0 saturated heterocycles. The lowest BCUT2D eigenvalue weighted by atomic mass is 10.2. The number of hydrogen-bond donors (Lipinski definition) is 1. The Morgan fingerprint density at radius 2 is 1.85 bits per heavy atom. The zero-order valence-corrected chi connectivity index (χ0v) is 15.6. The third kappa shape index (κ3) is 3.77. The number of aryl methyl sites for hydroxylation is 3. The third-order valence-corrected chi connectivity index (χ3v) is 4.23. The second-order valence-corrected chi connectivity index (χ2v) is 6.63. The first kappa shape index (κ1) is 17.7. The summed E-state index contributed by atoms with van der Waals surface area (Å²) in [5.74, 6) is 0.451. The number of likely N-dealkylation sites (N-methyl/N-ethyl adjacent to an activating group) is 1. The van der Waals surface area contributed by atoms with Crippen LogP contribution in [0.1, 0.15) is 22.6 Å². The first-order chi connectivity index (χ1) is 12.3. The predicted octanol–water partition coefficient (Wildman–Crippen LogP) is 2.23. The van der Waals surface area contributed by atoms with Gasteiger partial charge in [0.2, 0.25) is 5.91 Å². The summed E-state index contributed by atoms with van der Waals surface area (Å²) < 4.78 is 3.44. The number of carbonyl (C=O) groups is 1. The van der Waals surface area contributed by atoms with Crippen LogP contribution in [0.2, 0.25) is 0 Å². The van der Waals surface area contributed by atoms with Gasteiger partial charge in [-0.05, 0) is 44.5 Å². The molecule has 0 radical (unpaired) electrons. The maximum absolute atomic E-state index is 12.5. The van der Waals surface area contributed by atoms with Crippen LogP contribution in [0.4, 0.5) is 5.82 Å². The fourth-order valence-corrected chi connectivity index (χ4v) is 2.98. The van der Waals surface area contributed by atoms with Crippen LogP contribution in [0, 0.1) is 20.8 Å². The van der Waals surface area contributed by atoms with Gasteiger partial charge in [0.25, 0.3) is 0 Å². The number of hydrogen-bond acceptors (Lipinski definition) is 4. The minimum absolute atomic E-state index is 0.0451. The minimum Gasteiger partial charge on any atom is -0.384 e. The van der Waals surface area contributed by atoms with Gasteiger partial charge in [0.15, 0.2) is 0 Å². The molecule has 3 aromatic rings. The van der Waals surface area contributed by atoms with E-state index in [0.717, 1.165) is 28.3 Å². The standard InChI is InChI=1S/C19H24N6O/c1-13-8-15(3)25(22-13)17-7-5-6-16(10-17)11-23(4)19(26)12-24-18(20)9-14(2)21-24/h5-10H,11-12,20H2,1-4H3. The van der Waals surface area contributed by atoms with Gasteiger partial charge in [0.05, 0.1) is 17.1 Å². The van der Waals surface area contributed by atoms with Crippen molar-refractivity contribution < 1.29 is 4.79 Å². The van der Waals surface area contributed by atoms with Gasteiger partial charge < -0.3 is 10.6 Å². The number of benzene rings is 1. The number of anilines is 1. The van der Waals surface area contributed by atoms with Crippen molar-refractivity contribution in [2.24, 2.45) is 0 Å². The number of amides is 1. The number of carbonyl (C=O) groups excluding carboxylic acids is 1. The number of rotatable bonds is 5. The van der Waals surface area contributed by atoms with Crippen LogP contribution in [0.3, 0.4) is 0 Å². The molecule has 26 heavy (non-hydrogen) atoms.